The van der Waals surface area contributed by atoms with Crippen LogP contribution in [0.5, 0.6) is 0 Å². The second kappa shape index (κ2) is 8.43. The van der Waals surface area contributed by atoms with Crippen molar-refractivity contribution in [2.24, 2.45) is 5.92 Å². The standard InChI is InChI=1S/C24H26N4O/c1-17-14-18(2)16-21(15-17)25-24(29)20-10-12-28(13-11-20)23-9-8-22(26-27-23)19-6-4-3-5-7-19/h3-9,14-16,20H,10-13H2,1-2H3,(H,25,29). The molecule has 2 heterocycles. The molecule has 1 amide bonds. The van der Waals surface area contributed by atoms with Gasteiger partial charge < -0.3 is 10.2 Å². The number of aryl methyl sites for hydroxylation is 2. The van der Waals surface area contributed by atoms with Crippen LogP contribution in [0.4, 0.5) is 11.5 Å². The molecule has 148 valence electrons. The van der Waals surface area contributed by atoms with E-state index in [0.29, 0.717) is 0 Å². The van der Waals surface area contributed by atoms with Gasteiger partial charge in [-0.2, -0.15) is 0 Å². The number of carbonyl (C=O) groups excluding carboxylic acids is 1. The highest BCUT2D eigenvalue weighted by atomic mass is 16.1. The molecule has 1 aliphatic rings. The number of nitrogens with zero attached hydrogens (tertiary/aromatic N) is 3. The van der Waals surface area contributed by atoms with E-state index in [-0.39, 0.29) is 11.8 Å². The van der Waals surface area contributed by atoms with Crippen LogP contribution < -0.4 is 10.2 Å². The summed E-state index contributed by atoms with van der Waals surface area (Å²) in [6, 6.07) is 20.2. The van der Waals surface area contributed by atoms with Crippen LogP contribution in [0.25, 0.3) is 11.3 Å². The predicted octanol–water partition coefficient (Wildman–Crippen LogP) is 4.62. The van der Waals surface area contributed by atoms with Crippen molar-refractivity contribution in [2.75, 3.05) is 23.3 Å². The summed E-state index contributed by atoms with van der Waals surface area (Å²) < 4.78 is 0. The van der Waals surface area contributed by atoms with Gasteiger partial charge in [0.05, 0.1) is 5.69 Å². The maximum atomic E-state index is 12.7. The van der Waals surface area contributed by atoms with Gasteiger partial charge in [-0.3, -0.25) is 4.79 Å². The van der Waals surface area contributed by atoms with Gasteiger partial charge in [0, 0.05) is 30.3 Å². The van der Waals surface area contributed by atoms with Gasteiger partial charge in [-0.05, 0) is 62.1 Å². The summed E-state index contributed by atoms with van der Waals surface area (Å²) in [7, 11) is 0. The first-order chi connectivity index (χ1) is 14.1. The van der Waals surface area contributed by atoms with Crippen molar-refractivity contribution in [1.82, 2.24) is 10.2 Å². The van der Waals surface area contributed by atoms with Crippen molar-refractivity contribution < 1.29 is 4.79 Å². The van der Waals surface area contributed by atoms with Gasteiger partial charge in [-0.15, -0.1) is 10.2 Å². The number of nitrogens with one attached hydrogen (secondary N) is 1. The molecule has 1 N–H and O–H groups in total. The van der Waals surface area contributed by atoms with Crippen molar-refractivity contribution in [2.45, 2.75) is 26.7 Å². The predicted molar refractivity (Wildman–Crippen MR) is 117 cm³/mol. The minimum absolute atomic E-state index is 0.0311. The Balaban J connectivity index is 1.35. The zero-order valence-electron chi connectivity index (χ0n) is 16.9. The fourth-order valence-electron chi connectivity index (χ4n) is 3.92. The lowest BCUT2D eigenvalue weighted by Gasteiger charge is -2.31. The van der Waals surface area contributed by atoms with Crippen LogP contribution in [0.1, 0.15) is 24.0 Å². The van der Waals surface area contributed by atoms with E-state index >= 15 is 0 Å². The lowest BCUT2D eigenvalue weighted by atomic mass is 9.95. The van der Waals surface area contributed by atoms with Crippen LogP contribution >= 0.6 is 0 Å². The number of benzene rings is 2. The van der Waals surface area contributed by atoms with Crippen LogP contribution in [0, 0.1) is 19.8 Å². The van der Waals surface area contributed by atoms with Crippen molar-refractivity contribution in [3.8, 4) is 11.3 Å². The molecular formula is C24H26N4O. The lowest BCUT2D eigenvalue weighted by Crippen LogP contribution is -2.38. The van der Waals surface area contributed by atoms with Crippen LogP contribution in [0.15, 0.2) is 60.7 Å². The molecule has 1 aromatic heterocycles. The Morgan fingerprint density at radius 3 is 2.24 bits per heavy atom. The van der Waals surface area contributed by atoms with E-state index < -0.39 is 0 Å². The number of amides is 1. The summed E-state index contributed by atoms with van der Waals surface area (Å²) in [5, 5.41) is 11.9. The molecule has 29 heavy (non-hydrogen) atoms. The molecule has 0 atom stereocenters. The Labute approximate surface area is 171 Å². The van der Waals surface area contributed by atoms with Crippen molar-refractivity contribution in [1.29, 1.82) is 0 Å². The van der Waals surface area contributed by atoms with Gasteiger partial charge in [-0.1, -0.05) is 36.4 Å². The maximum absolute atomic E-state index is 12.7. The Morgan fingerprint density at radius 1 is 0.931 bits per heavy atom. The lowest BCUT2D eigenvalue weighted by molar-refractivity contribution is -0.120. The Kier molecular flexibility index (Phi) is 5.56. The normalized spacial score (nSPS) is 14.6. The molecule has 0 radical (unpaired) electrons. The highest BCUT2D eigenvalue weighted by Gasteiger charge is 2.26. The van der Waals surface area contributed by atoms with Gasteiger partial charge in [0.2, 0.25) is 5.91 Å². The van der Waals surface area contributed by atoms with E-state index in [2.05, 4.69) is 26.5 Å². The van der Waals surface area contributed by atoms with Gasteiger partial charge in [0.1, 0.15) is 0 Å². The first-order valence-electron chi connectivity index (χ1n) is 10.1. The van der Waals surface area contributed by atoms with Gasteiger partial charge in [0.15, 0.2) is 5.82 Å². The van der Waals surface area contributed by atoms with Crippen molar-refractivity contribution in [3.63, 3.8) is 0 Å². The average molecular weight is 386 g/mol. The zero-order valence-corrected chi connectivity index (χ0v) is 16.9. The van der Waals surface area contributed by atoms with Crippen molar-refractivity contribution >= 4 is 17.4 Å². The van der Waals surface area contributed by atoms with E-state index in [0.717, 1.165) is 59.8 Å². The van der Waals surface area contributed by atoms with Gasteiger partial charge >= 0.3 is 0 Å². The summed E-state index contributed by atoms with van der Waals surface area (Å²) in [6.45, 7) is 5.71. The first-order valence-corrected chi connectivity index (χ1v) is 10.1. The number of rotatable bonds is 4. The highest BCUT2D eigenvalue weighted by molar-refractivity contribution is 5.92. The first kappa shape index (κ1) is 19.1. The van der Waals surface area contributed by atoms with Crippen LogP contribution in [-0.2, 0) is 4.79 Å². The van der Waals surface area contributed by atoms with Crippen LogP contribution in [0.2, 0.25) is 0 Å². The number of anilines is 2. The molecule has 0 unspecified atom stereocenters. The quantitative estimate of drug-likeness (QED) is 0.711. The molecule has 4 rings (SSSR count). The molecule has 1 saturated heterocycles. The molecule has 5 nitrogen and oxygen atoms in total. The minimum atomic E-state index is 0.0311. The molecule has 0 saturated carbocycles. The van der Waals surface area contributed by atoms with E-state index in [9.17, 15) is 4.79 Å². The molecular weight excluding hydrogens is 360 g/mol. The molecule has 1 fully saturated rings. The summed E-state index contributed by atoms with van der Waals surface area (Å²) in [4.78, 5) is 14.9. The van der Waals surface area contributed by atoms with E-state index in [1.54, 1.807) is 0 Å². The average Bonchev–Trinajstić information content (AvgIpc) is 2.74. The Hall–Kier alpha value is -3.21. The van der Waals surface area contributed by atoms with E-state index in [4.69, 9.17) is 0 Å². The largest absolute Gasteiger partial charge is 0.355 e. The Morgan fingerprint density at radius 2 is 1.62 bits per heavy atom. The van der Waals surface area contributed by atoms with E-state index in [1.165, 1.54) is 0 Å². The molecule has 0 aliphatic carbocycles. The summed E-state index contributed by atoms with van der Waals surface area (Å²) in [5.74, 6) is 1.02. The van der Waals surface area contributed by atoms with Crippen molar-refractivity contribution in [3.05, 3.63) is 71.8 Å². The molecule has 1 aliphatic heterocycles. The van der Waals surface area contributed by atoms with Crippen LogP contribution in [-0.4, -0.2) is 29.2 Å². The number of piperidine rings is 1. The number of aromatic nitrogens is 2. The van der Waals surface area contributed by atoms with Gasteiger partial charge in [0.25, 0.3) is 0 Å². The Bertz CT molecular complexity index is 957. The molecule has 5 heteroatoms. The number of hydrogen-bond donors (Lipinski definition) is 1. The third-order valence-corrected chi connectivity index (χ3v) is 5.40. The molecule has 0 spiro atoms. The monoisotopic (exact) mass is 386 g/mol. The topological polar surface area (TPSA) is 58.1 Å². The fourth-order valence-corrected chi connectivity index (χ4v) is 3.92. The third kappa shape index (κ3) is 4.62. The van der Waals surface area contributed by atoms with E-state index in [1.807, 2.05) is 68.4 Å². The highest BCUT2D eigenvalue weighted by Crippen LogP contribution is 2.25. The molecule has 3 aromatic rings. The van der Waals surface area contributed by atoms with Gasteiger partial charge in [-0.25, -0.2) is 0 Å². The molecule has 0 bridgehead atoms. The SMILES string of the molecule is Cc1cc(C)cc(NC(=O)C2CCN(c3ccc(-c4ccccc4)nn3)CC2)c1. The summed E-state index contributed by atoms with van der Waals surface area (Å²) in [5.41, 5.74) is 5.14. The number of hydrogen-bond acceptors (Lipinski definition) is 4. The smallest absolute Gasteiger partial charge is 0.227 e. The fraction of sp³-hybridized carbons (Fsp3) is 0.292. The zero-order chi connectivity index (χ0) is 20.2. The second-order valence-corrected chi connectivity index (χ2v) is 7.77. The third-order valence-electron chi connectivity index (χ3n) is 5.40. The number of carbonyl (C=O) groups is 1. The second-order valence-electron chi connectivity index (χ2n) is 7.77. The maximum Gasteiger partial charge on any atom is 0.227 e. The summed E-state index contributed by atoms with van der Waals surface area (Å²) >= 11 is 0. The van der Waals surface area contributed by atoms with Crippen LogP contribution in [0.3, 0.4) is 0 Å². The minimum Gasteiger partial charge on any atom is -0.355 e. The molecule has 2 aromatic carbocycles. The summed E-state index contributed by atoms with van der Waals surface area (Å²) in [6.07, 6.45) is 1.64.